The fourth-order valence-electron chi connectivity index (χ4n) is 3.68. The molecular weight excluding hydrogens is 485 g/mol. The summed E-state index contributed by atoms with van der Waals surface area (Å²) < 4.78 is 0. The molecule has 1 aliphatic rings. The zero-order valence-electron chi connectivity index (χ0n) is 17.1. The van der Waals surface area contributed by atoms with E-state index in [0.717, 1.165) is 19.6 Å². The molecular formula is C24H26Cl3N3Ti. The van der Waals surface area contributed by atoms with Crippen molar-refractivity contribution < 1.29 is 14.7 Å². The van der Waals surface area contributed by atoms with Crippen molar-refractivity contribution in [1.82, 2.24) is 10.6 Å². The van der Waals surface area contributed by atoms with E-state index in [1.165, 1.54) is 16.7 Å². The first-order chi connectivity index (χ1) is 15.1. The van der Waals surface area contributed by atoms with E-state index in [0.29, 0.717) is 0 Å². The molecule has 3 nitrogen and oxygen atoms in total. The number of hydrogen-bond donors (Lipinski definition) is 2. The summed E-state index contributed by atoms with van der Waals surface area (Å²) >= 11 is -1.92. The molecule has 3 atom stereocenters. The van der Waals surface area contributed by atoms with Crippen LogP contribution in [0.4, 0.5) is 0 Å². The van der Waals surface area contributed by atoms with Gasteiger partial charge in [-0.3, -0.25) is 0 Å². The monoisotopic (exact) mass is 509 g/mol. The summed E-state index contributed by atoms with van der Waals surface area (Å²) in [5, 5.41) is 12.6. The van der Waals surface area contributed by atoms with Gasteiger partial charge < -0.3 is 16.0 Å². The van der Waals surface area contributed by atoms with Gasteiger partial charge in [-0.25, -0.2) is 0 Å². The van der Waals surface area contributed by atoms with Crippen molar-refractivity contribution in [3.05, 3.63) is 113 Å². The smallest absolute Gasteiger partial charge is 0.0446 e. The Bertz CT molecular complexity index is 741. The molecule has 3 aromatic rings. The van der Waals surface area contributed by atoms with Gasteiger partial charge in [-0.2, -0.15) is 0 Å². The van der Waals surface area contributed by atoms with Gasteiger partial charge in [-0.15, -0.1) is 6.54 Å². The Morgan fingerprint density at radius 1 is 0.613 bits per heavy atom. The second-order valence-electron chi connectivity index (χ2n) is 7.25. The minimum Gasteiger partial charge on any atom is -0.653 e. The van der Waals surface area contributed by atoms with Gasteiger partial charge in [0.1, 0.15) is 0 Å². The first-order valence-electron chi connectivity index (χ1n) is 10.2. The first-order valence-corrected chi connectivity index (χ1v) is 16.7. The van der Waals surface area contributed by atoms with Crippen LogP contribution in [0.1, 0.15) is 34.8 Å². The standard InChI is InChI=1S/C24H26N3.3ClH.Ti/c1-4-10-19(11-5-1)22-16-26-24(21-14-8-3-9-15-21)18-27-23(17-25-22)20-12-6-2-7-13-20;;;;/h1-15,22-26H,16-18H2;3*1H;/q-1;;;;+4/p-3. The molecule has 1 aliphatic heterocycles. The van der Waals surface area contributed by atoms with Gasteiger partial charge in [0.2, 0.25) is 0 Å². The van der Waals surface area contributed by atoms with E-state index in [9.17, 15) is 0 Å². The number of halogens is 3. The average Bonchev–Trinajstić information content (AvgIpc) is 2.91. The van der Waals surface area contributed by atoms with E-state index >= 15 is 0 Å². The molecule has 0 aliphatic carbocycles. The maximum Gasteiger partial charge on any atom is 0.0446 e. The van der Waals surface area contributed by atoms with Crippen molar-refractivity contribution in [2.24, 2.45) is 0 Å². The van der Waals surface area contributed by atoms with Crippen LogP contribution in [-0.2, 0) is 14.7 Å². The number of hydrogen-bond acceptors (Lipinski definition) is 2. The van der Waals surface area contributed by atoms with Gasteiger partial charge in [-0.1, -0.05) is 103 Å². The van der Waals surface area contributed by atoms with Crippen molar-refractivity contribution in [1.29, 1.82) is 0 Å². The molecule has 1 heterocycles. The summed E-state index contributed by atoms with van der Waals surface area (Å²) in [6.45, 7) is 2.49. The minimum atomic E-state index is -1.92. The molecule has 0 spiro atoms. The van der Waals surface area contributed by atoms with Crippen LogP contribution in [0.15, 0.2) is 91.0 Å². The van der Waals surface area contributed by atoms with Crippen LogP contribution in [0.25, 0.3) is 5.32 Å². The number of nitrogens with one attached hydrogen (secondary N) is 2. The average molecular weight is 511 g/mol. The third-order valence-electron chi connectivity index (χ3n) is 5.22. The summed E-state index contributed by atoms with van der Waals surface area (Å²) in [6, 6.07) is 32.6. The van der Waals surface area contributed by atoms with Crippen molar-refractivity contribution in [2.75, 3.05) is 19.6 Å². The number of benzene rings is 3. The van der Waals surface area contributed by atoms with E-state index in [2.05, 4.69) is 102 Å². The molecule has 3 unspecified atom stereocenters. The molecule has 3 aromatic carbocycles. The topological polar surface area (TPSA) is 38.2 Å². The second-order valence-corrected chi connectivity index (χ2v) is 15.0. The van der Waals surface area contributed by atoms with Gasteiger partial charge in [0.05, 0.1) is 0 Å². The normalized spacial score (nSPS) is 21.6. The van der Waals surface area contributed by atoms with Crippen LogP contribution in [0, 0.1) is 0 Å². The molecule has 1 fully saturated rings. The van der Waals surface area contributed by atoms with Crippen LogP contribution < -0.4 is 10.6 Å². The quantitative estimate of drug-likeness (QED) is 0.379. The molecule has 0 bridgehead atoms. The van der Waals surface area contributed by atoms with E-state index in [-0.39, 0.29) is 18.1 Å². The molecule has 0 radical (unpaired) electrons. The van der Waals surface area contributed by atoms with Crippen molar-refractivity contribution in [3.8, 4) is 0 Å². The molecule has 0 amide bonds. The maximum absolute atomic E-state index is 5.07. The van der Waals surface area contributed by atoms with Crippen LogP contribution in [-0.4, -0.2) is 19.6 Å². The Hall–Kier alpha value is -0.876. The van der Waals surface area contributed by atoms with Gasteiger partial charge in [0.25, 0.3) is 0 Å². The molecule has 31 heavy (non-hydrogen) atoms. The third kappa shape index (κ3) is 8.53. The zero-order chi connectivity index (χ0) is 21.9. The fraction of sp³-hybridized carbons (Fsp3) is 0.250. The largest absolute Gasteiger partial charge is 0.653 e. The first kappa shape index (κ1) is 24.8. The van der Waals surface area contributed by atoms with Crippen LogP contribution in [0.2, 0.25) is 0 Å². The SMILES string of the molecule is [Cl][Ti+]([Cl])[Cl].c1ccc(C2CNC(c3ccccc3)CNC(c3ccccc3)C[N-]2)cc1. The summed E-state index contributed by atoms with van der Waals surface area (Å²) in [5.74, 6) is 0. The Balaban J connectivity index is 0.000000628. The Morgan fingerprint density at radius 3 is 1.55 bits per heavy atom. The fourth-order valence-corrected chi connectivity index (χ4v) is 3.68. The molecule has 7 heteroatoms. The van der Waals surface area contributed by atoms with E-state index < -0.39 is 14.7 Å². The maximum atomic E-state index is 5.07. The predicted molar refractivity (Wildman–Crippen MR) is 129 cm³/mol. The Morgan fingerprint density at radius 2 is 1.03 bits per heavy atom. The van der Waals surface area contributed by atoms with Crippen LogP contribution in [0.3, 0.4) is 0 Å². The van der Waals surface area contributed by atoms with Crippen LogP contribution >= 0.6 is 27.9 Å². The van der Waals surface area contributed by atoms with Gasteiger partial charge in [-0.05, 0) is 17.7 Å². The molecule has 0 aromatic heterocycles. The van der Waals surface area contributed by atoms with Gasteiger partial charge >= 0.3 is 42.6 Å². The predicted octanol–water partition coefficient (Wildman–Crippen LogP) is 6.84. The zero-order valence-corrected chi connectivity index (χ0v) is 20.9. The molecule has 0 saturated carbocycles. The summed E-state index contributed by atoms with van der Waals surface area (Å²) in [5.41, 5.74) is 3.87. The number of nitrogens with zero attached hydrogens (tertiary/aromatic N) is 1. The van der Waals surface area contributed by atoms with E-state index in [1.54, 1.807) is 0 Å². The number of rotatable bonds is 3. The van der Waals surface area contributed by atoms with Crippen molar-refractivity contribution in [3.63, 3.8) is 0 Å². The van der Waals surface area contributed by atoms with Crippen LogP contribution in [0.5, 0.6) is 0 Å². The van der Waals surface area contributed by atoms with Crippen molar-refractivity contribution >= 4 is 27.9 Å². The molecule has 162 valence electrons. The third-order valence-corrected chi connectivity index (χ3v) is 5.22. The Labute approximate surface area is 203 Å². The van der Waals surface area contributed by atoms with Gasteiger partial charge in [0.15, 0.2) is 0 Å². The van der Waals surface area contributed by atoms with Gasteiger partial charge in [0, 0.05) is 18.6 Å². The Kier molecular flexibility index (Phi) is 10.9. The summed E-state index contributed by atoms with van der Waals surface area (Å²) in [4.78, 5) is 0. The summed E-state index contributed by atoms with van der Waals surface area (Å²) in [7, 11) is 14.9. The second kappa shape index (κ2) is 13.6. The van der Waals surface area contributed by atoms with E-state index in [4.69, 9.17) is 33.2 Å². The molecule has 1 saturated heterocycles. The van der Waals surface area contributed by atoms with E-state index in [1.807, 2.05) is 0 Å². The van der Waals surface area contributed by atoms with Crippen molar-refractivity contribution in [2.45, 2.75) is 18.1 Å². The minimum absolute atomic E-state index is 0.156. The molecule has 2 N–H and O–H groups in total. The molecule has 4 rings (SSSR count). The summed E-state index contributed by atoms with van der Waals surface area (Å²) in [6.07, 6.45) is 0.